The van der Waals surface area contributed by atoms with Gasteiger partial charge in [0.2, 0.25) is 5.91 Å². The Balaban J connectivity index is 1.78. The van der Waals surface area contributed by atoms with E-state index in [1.807, 2.05) is 32.0 Å². The molecule has 0 aliphatic carbocycles. The van der Waals surface area contributed by atoms with Gasteiger partial charge in [-0.2, -0.15) is 0 Å². The summed E-state index contributed by atoms with van der Waals surface area (Å²) >= 11 is 0. The lowest BCUT2D eigenvalue weighted by atomic mass is 10.1. The average Bonchev–Trinajstić information content (AvgIpc) is 3.23. The largest absolute Gasteiger partial charge is 0.478 e. The smallest absolute Gasteiger partial charge is 0.335 e. The van der Waals surface area contributed by atoms with E-state index in [2.05, 4.69) is 5.32 Å². The molecule has 2 aromatic rings. The maximum absolute atomic E-state index is 13.0. The molecule has 1 heterocycles. The van der Waals surface area contributed by atoms with Crippen molar-refractivity contribution in [2.24, 2.45) is 0 Å². The number of anilines is 2. The van der Waals surface area contributed by atoms with Gasteiger partial charge in [-0.05, 0) is 74.2 Å². The van der Waals surface area contributed by atoms with Gasteiger partial charge in [0.05, 0.1) is 5.56 Å². The molecule has 1 saturated heterocycles. The van der Waals surface area contributed by atoms with Crippen LogP contribution in [0.15, 0.2) is 42.5 Å². The van der Waals surface area contributed by atoms with Crippen molar-refractivity contribution < 1.29 is 24.2 Å². The Hall–Kier alpha value is -3.19. The first-order chi connectivity index (χ1) is 13.8. The van der Waals surface area contributed by atoms with Gasteiger partial charge < -0.3 is 20.1 Å². The van der Waals surface area contributed by atoms with Crippen LogP contribution in [-0.4, -0.2) is 42.1 Å². The molecule has 152 valence electrons. The van der Waals surface area contributed by atoms with Crippen molar-refractivity contribution in [2.75, 3.05) is 23.4 Å². The third-order valence-electron chi connectivity index (χ3n) is 4.99. The first-order valence-corrected chi connectivity index (χ1v) is 9.48. The number of nitrogens with zero attached hydrogens (tertiary/aromatic N) is 1. The Morgan fingerprint density at radius 1 is 1.10 bits per heavy atom. The minimum Gasteiger partial charge on any atom is -0.478 e. The van der Waals surface area contributed by atoms with Crippen molar-refractivity contribution in [3.05, 3.63) is 59.2 Å². The van der Waals surface area contributed by atoms with Crippen LogP contribution in [0.1, 0.15) is 34.3 Å². The van der Waals surface area contributed by atoms with Crippen LogP contribution in [0.25, 0.3) is 0 Å². The van der Waals surface area contributed by atoms with E-state index in [1.54, 1.807) is 0 Å². The summed E-state index contributed by atoms with van der Waals surface area (Å²) in [6.07, 6.45) is 0.914. The predicted octanol–water partition coefficient (Wildman–Crippen LogP) is 3.15. The SMILES string of the molecule is Cc1ccc(N(CC(=O)Nc2ccc(C(=O)O)cc2)C(=O)C2CCCO2)cc1C. The maximum Gasteiger partial charge on any atom is 0.335 e. The summed E-state index contributed by atoms with van der Waals surface area (Å²) in [4.78, 5) is 38.0. The van der Waals surface area contributed by atoms with Crippen molar-refractivity contribution in [1.82, 2.24) is 0 Å². The maximum atomic E-state index is 13.0. The topological polar surface area (TPSA) is 95.9 Å². The number of benzene rings is 2. The Morgan fingerprint density at radius 3 is 2.41 bits per heavy atom. The van der Waals surface area contributed by atoms with Gasteiger partial charge in [-0.25, -0.2) is 4.79 Å². The summed E-state index contributed by atoms with van der Waals surface area (Å²) in [5.74, 6) is -1.65. The molecule has 7 heteroatoms. The summed E-state index contributed by atoms with van der Waals surface area (Å²) in [7, 11) is 0. The number of carbonyl (C=O) groups excluding carboxylic acids is 2. The normalized spacial score (nSPS) is 15.7. The van der Waals surface area contributed by atoms with Crippen LogP contribution >= 0.6 is 0 Å². The highest BCUT2D eigenvalue weighted by Gasteiger charge is 2.30. The van der Waals surface area contributed by atoms with E-state index in [1.165, 1.54) is 29.2 Å². The highest BCUT2D eigenvalue weighted by atomic mass is 16.5. The molecular weight excluding hydrogens is 372 g/mol. The van der Waals surface area contributed by atoms with Gasteiger partial charge >= 0.3 is 5.97 Å². The number of hydrogen-bond donors (Lipinski definition) is 2. The molecule has 1 aliphatic heterocycles. The van der Waals surface area contributed by atoms with Crippen molar-refractivity contribution in [3.63, 3.8) is 0 Å². The molecule has 0 aromatic heterocycles. The number of aryl methyl sites for hydroxylation is 2. The highest BCUT2D eigenvalue weighted by molar-refractivity contribution is 6.04. The van der Waals surface area contributed by atoms with Crippen LogP contribution in [0.5, 0.6) is 0 Å². The number of carboxylic acids is 1. The Labute approximate surface area is 169 Å². The van der Waals surface area contributed by atoms with E-state index in [9.17, 15) is 14.4 Å². The standard InChI is InChI=1S/C22H24N2O5/c1-14-5-10-18(12-15(14)2)24(21(26)19-4-3-11-29-19)13-20(25)23-17-8-6-16(7-9-17)22(27)28/h5-10,12,19H,3-4,11,13H2,1-2H3,(H,23,25)(H,27,28). The van der Waals surface area contributed by atoms with E-state index in [0.29, 0.717) is 24.4 Å². The molecule has 0 bridgehead atoms. The highest BCUT2D eigenvalue weighted by Crippen LogP contribution is 2.23. The number of hydrogen-bond acceptors (Lipinski definition) is 4. The third kappa shape index (κ3) is 5.00. The van der Waals surface area contributed by atoms with Crippen molar-refractivity contribution in [3.8, 4) is 0 Å². The molecule has 3 rings (SSSR count). The first kappa shape index (κ1) is 20.5. The van der Waals surface area contributed by atoms with E-state index in [0.717, 1.165) is 17.5 Å². The second-order valence-electron chi connectivity index (χ2n) is 7.13. The monoisotopic (exact) mass is 396 g/mol. The Bertz CT molecular complexity index is 917. The molecule has 29 heavy (non-hydrogen) atoms. The van der Waals surface area contributed by atoms with Crippen LogP contribution in [-0.2, 0) is 14.3 Å². The van der Waals surface area contributed by atoms with Crippen molar-refractivity contribution >= 4 is 29.2 Å². The van der Waals surface area contributed by atoms with Gasteiger partial charge in [0.25, 0.3) is 5.91 Å². The summed E-state index contributed by atoms with van der Waals surface area (Å²) in [5.41, 5.74) is 3.36. The second-order valence-corrected chi connectivity index (χ2v) is 7.13. The second kappa shape index (κ2) is 8.87. The van der Waals surface area contributed by atoms with Crippen LogP contribution in [0.2, 0.25) is 0 Å². The van der Waals surface area contributed by atoms with E-state index >= 15 is 0 Å². The number of carbonyl (C=O) groups is 3. The van der Waals surface area contributed by atoms with Crippen molar-refractivity contribution in [1.29, 1.82) is 0 Å². The lowest BCUT2D eigenvalue weighted by Gasteiger charge is -2.25. The number of nitrogens with one attached hydrogen (secondary N) is 1. The summed E-state index contributed by atoms with van der Waals surface area (Å²) < 4.78 is 5.53. The predicted molar refractivity (Wildman–Crippen MR) is 109 cm³/mol. The fraction of sp³-hybridized carbons (Fsp3) is 0.318. The molecule has 0 radical (unpaired) electrons. The van der Waals surface area contributed by atoms with E-state index < -0.39 is 12.1 Å². The number of rotatable bonds is 6. The number of amides is 2. The number of carboxylic acid groups (broad SMARTS) is 1. The zero-order chi connectivity index (χ0) is 21.0. The zero-order valence-electron chi connectivity index (χ0n) is 16.5. The molecule has 1 atom stereocenters. The van der Waals surface area contributed by atoms with Crippen LogP contribution in [0.3, 0.4) is 0 Å². The molecule has 7 nitrogen and oxygen atoms in total. The minimum absolute atomic E-state index is 0.133. The molecule has 0 spiro atoms. The molecule has 1 aliphatic rings. The quantitative estimate of drug-likeness (QED) is 0.782. The molecule has 0 saturated carbocycles. The molecular formula is C22H24N2O5. The summed E-state index contributed by atoms with van der Waals surface area (Å²) in [6, 6.07) is 11.5. The first-order valence-electron chi connectivity index (χ1n) is 9.48. The Kier molecular flexibility index (Phi) is 6.29. The fourth-order valence-electron chi connectivity index (χ4n) is 3.18. The lowest BCUT2D eigenvalue weighted by Crippen LogP contribution is -2.43. The van der Waals surface area contributed by atoms with E-state index in [4.69, 9.17) is 9.84 Å². The fourth-order valence-corrected chi connectivity index (χ4v) is 3.18. The van der Waals surface area contributed by atoms with Gasteiger partial charge in [-0.1, -0.05) is 6.07 Å². The summed E-state index contributed by atoms with van der Waals surface area (Å²) in [5, 5.41) is 11.7. The van der Waals surface area contributed by atoms with Gasteiger partial charge in [-0.3, -0.25) is 9.59 Å². The van der Waals surface area contributed by atoms with Crippen LogP contribution < -0.4 is 10.2 Å². The molecule has 2 N–H and O–H groups in total. The van der Waals surface area contributed by atoms with Crippen LogP contribution in [0, 0.1) is 13.8 Å². The zero-order valence-corrected chi connectivity index (χ0v) is 16.5. The van der Waals surface area contributed by atoms with Gasteiger partial charge in [0.15, 0.2) is 0 Å². The van der Waals surface area contributed by atoms with E-state index in [-0.39, 0.29) is 23.9 Å². The molecule has 1 fully saturated rings. The van der Waals surface area contributed by atoms with Crippen LogP contribution in [0.4, 0.5) is 11.4 Å². The van der Waals surface area contributed by atoms with Gasteiger partial charge in [-0.15, -0.1) is 0 Å². The van der Waals surface area contributed by atoms with Crippen molar-refractivity contribution in [2.45, 2.75) is 32.8 Å². The van der Waals surface area contributed by atoms with Gasteiger partial charge in [0.1, 0.15) is 12.6 Å². The average molecular weight is 396 g/mol. The van der Waals surface area contributed by atoms with Gasteiger partial charge in [0, 0.05) is 18.0 Å². The summed E-state index contributed by atoms with van der Waals surface area (Å²) in [6.45, 7) is 4.32. The number of aromatic carboxylic acids is 1. The molecule has 1 unspecified atom stereocenters. The molecule has 2 aromatic carbocycles. The Morgan fingerprint density at radius 2 is 1.83 bits per heavy atom. The third-order valence-corrected chi connectivity index (χ3v) is 4.99. The number of ether oxygens (including phenoxy) is 1. The lowest BCUT2D eigenvalue weighted by molar-refractivity contribution is -0.128. The minimum atomic E-state index is -1.04. The molecule has 2 amide bonds.